The number of amides is 1. The van der Waals surface area contributed by atoms with Gasteiger partial charge in [-0.1, -0.05) is 54.4 Å². The highest BCUT2D eigenvalue weighted by Crippen LogP contribution is 2.38. The van der Waals surface area contributed by atoms with Gasteiger partial charge in [0.05, 0.1) is 21.2 Å². The molecule has 0 aliphatic carbocycles. The van der Waals surface area contributed by atoms with Crippen molar-refractivity contribution in [3.63, 3.8) is 0 Å². The van der Waals surface area contributed by atoms with Crippen molar-refractivity contribution in [3.8, 4) is 0 Å². The van der Waals surface area contributed by atoms with Crippen molar-refractivity contribution in [2.24, 2.45) is 0 Å². The molecule has 3 rings (SSSR count). The zero-order valence-electron chi connectivity index (χ0n) is 19.3. The maximum atomic E-state index is 13.5. The topological polar surface area (TPSA) is 66.5 Å². The van der Waals surface area contributed by atoms with Crippen molar-refractivity contribution in [2.45, 2.75) is 38.3 Å². The summed E-state index contributed by atoms with van der Waals surface area (Å²) in [5, 5.41) is 2.15. The molecule has 3 aromatic carbocycles. The third kappa shape index (κ3) is 5.97. The molecule has 0 saturated carbocycles. The Hall–Kier alpha value is -3.04. The number of carbonyl (C=O) groups is 1. The average molecular weight is 525 g/mol. The number of carbonyl (C=O) groups excluding carboxylic acids is 1. The lowest BCUT2D eigenvalue weighted by Crippen LogP contribution is -2.38. The first kappa shape index (κ1) is 26.6. The van der Waals surface area contributed by atoms with Gasteiger partial charge in [0.1, 0.15) is 6.54 Å². The molecule has 0 aliphatic heterocycles. The molecule has 0 aromatic heterocycles. The first-order chi connectivity index (χ1) is 16.3. The summed E-state index contributed by atoms with van der Waals surface area (Å²) in [6.07, 6.45) is -4.19. The second-order valence-electron chi connectivity index (χ2n) is 8.00. The fourth-order valence-electron chi connectivity index (χ4n) is 3.55. The van der Waals surface area contributed by atoms with Crippen molar-refractivity contribution < 1.29 is 26.4 Å². The minimum Gasteiger partial charge on any atom is -0.324 e. The Labute approximate surface area is 207 Å². The van der Waals surface area contributed by atoms with Gasteiger partial charge < -0.3 is 5.32 Å². The molecular formula is C25H24ClF3N2O3S. The number of rotatable bonds is 7. The highest BCUT2D eigenvalue weighted by Gasteiger charge is 2.35. The normalized spacial score (nSPS) is 11.9. The van der Waals surface area contributed by atoms with E-state index in [1.165, 1.54) is 12.1 Å². The van der Waals surface area contributed by atoms with Crippen LogP contribution in [0.5, 0.6) is 0 Å². The third-order valence-electron chi connectivity index (χ3n) is 5.44. The zero-order valence-corrected chi connectivity index (χ0v) is 20.9. The smallest absolute Gasteiger partial charge is 0.324 e. The lowest BCUT2D eigenvalue weighted by molar-refractivity contribution is -0.137. The van der Waals surface area contributed by atoms with Gasteiger partial charge in [-0.2, -0.15) is 13.2 Å². The number of hydrogen-bond donors (Lipinski definition) is 1. The SMILES string of the molecule is CCc1cccc(C)c1NC(=O)CN(c1ccc(Cl)c(C(F)(F)F)c1)S(=O)(=O)c1ccc(C)cc1. The number of hydrogen-bond acceptors (Lipinski definition) is 3. The summed E-state index contributed by atoms with van der Waals surface area (Å²) < 4.78 is 68.2. The molecule has 3 aromatic rings. The van der Waals surface area contributed by atoms with E-state index in [0.29, 0.717) is 22.5 Å². The molecule has 0 spiro atoms. The number of aryl methyl sites for hydroxylation is 3. The van der Waals surface area contributed by atoms with Gasteiger partial charge in [0.15, 0.2) is 0 Å². The van der Waals surface area contributed by atoms with Gasteiger partial charge in [0.25, 0.3) is 10.0 Å². The van der Waals surface area contributed by atoms with Crippen LogP contribution >= 0.6 is 11.6 Å². The summed E-state index contributed by atoms with van der Waals surface area (Å²) in [7, 11) is -4.40. The van der Waals surface area contributed by atoms with Crippen LogP contribution in [0.3, 0.4) is 0 Å². The summed E-state index contributed by atoms with van der Waals surface area (Å²) in [5.41, 5.74) is 1.42. The highest BCUT2D eigenvalue weighted by molar-refractivity contribution is 7.92. The average Bonchev–Trinajstić information content (AvgIpc) is 2.78. The quantitative estimate of drug-likeness (QED) is 0.390. The number of anilines is 2. The molecule has 0 saturated heterocycles. The summed E-state index contributed by atoms with van der Waals surface area (Å²) in [6, 6.07) is 14.0. The molecule has 5 nitrogen and oxygen atoms in total. The van der Waals surface area contributed by atoms with Crippen molar-refractivity contribution in [3.05, 3.63) is 87.9 Å². The predicted octanol–water partition coefficient (Wildman–Crippen LogP) is 6.37. The Balaban J connectivity index is 2.08. The monoisotopic (exact) mass is 524 g/mol. The molecule has 0 heterocycles. The van der Waals surface area contributed by atoms with Crippen LogP contribution in [-0.4, -0.2) is 20.9 Å². The van der Waals surface area contributed by atoms with Crippen LogP contribution in [0.4, 0.5) is 24.5 Å². The van der Waals surface area contributed by atoms with E-state index in [1.54, 1.807) is 32.0 Å². The second kappa shape index (κ2) is 10.3. The first-order valence-electron chi connectivity index (χ1n) is 10.7. The molecule has 0 unspecified atom stereocenters. The second-order valence-corrected chi connectivity index (χ2v) is 10.3. The molecule has 0 fully saturated rings. The van der Waals surface area contributed by atoms with Crippen molar-refractivity contribution >= 4 is 38.9 Å². The van der Waals surface area contributed by atoms with Gasteiger partial charge in [-0.3, -0.25) is 9.10 Å². The van der Waals surface area contributed by atoms with Crippen LogP contribution in [0.25, 0.3) is 0 Å². The number of nitrogens with zero attached hydrogens (tertiary/aromatic N) is 1. The van der Waals surface area contributed by atoms with E-state index in [0.717, 1.165) is 28.8 Å². The Morgan fingerprint density at radius 3 is 2.29 bits per heavy atom. The number of para-hydroxylation sites is 1. The van der Waals surface area contributed by atoms with E-state index >= 15 is 0 Å². The van der Waals surface area contributed by atoms with E-state index in [1.807, 2.05) is 19.1 Å². The van der Waals surface area contributed by atoms with Crippen LogP contribution < -0.4 is 9.62 Å². The predicted molar refractivity (Wildman–Crippen MR) is 131 cm³/mol. The molecule has 1 N–H and O–H groups in total. The molecule has 0 radical (unpaired) electrons. The van der Waals surface area contributed by atoms with E-state index in [2.05, 4.69) is 5.32 Å². The lowest BCUT2D eigenvalue weighted by Gasteiger charge is -2.25. The molecule has 0 atom stereocenters. The van der Waals surface area contributed by atoms with Gasteiger partial charge in [-0.15, -0.1) is 0 Å². The molecule has 0 bridgehead atoms. The summed E-state index contributed by atoms with van der Waals surface area (Å²) >= 11 is 5.73. The van der Waals surface area contributed by atoms with E-state index in [4.69, 9.17) is 11.6 Å². The Morgan fingerprint density at radius 2 is 1.69 bits per heavy atom. The first-order valence-corrected chi connectivity index (χ1v) is 12.5. The Morgan fingerprint density at radius 1 is 1.03 bits per heavy atom. The maximum Gasteiger partial charge on any atom is 0.417 e. The highest BCUT2D eigenvalue weighted by atomic mass is 35.5. The fraction of sp³-hybridized carbons (Fsp3) is 0.240. The van der Waals surface area contributed by atoms with E-state index in [9.17, 15) is 26.4 Å². The summed E-state index contributed by atoms with van der Waals surface area (Å²) in [4.78, 5) is 12.9. The van der Waals surface area contributed by atoms with E-state index in [-0.39, 0.29) is 10.6 Å². The van der Waals surface area contributed by atoms with Crippen molar-refractivity contribution in [1.82, 2.24) is 0 Å². The van der Waals surface area contributed by atoms with Crippen LogP contribution in [0, 0.1) is 13.8 Å². The van der Waals surface area contributed by atoms with Crippen LogP contribution in [0.1, 0.15) is 29.2 Å². The van der Waals surface area contributed by atoms with Gasteiger partial charge >= 0.3 is 6.18 Å². The molecular weight excluding hydrogens is 501 g/mol. The number of sulfonamides is 1. The Kier molecular flexibility index (Phi) is 7.81. The van der Waals surface area contributed by atoms with Crippen LogP contribution in [-0.2, 0) is 27.4 Å². The van der Waals surface area contributed by atoms with Crippen molar-refractivity contribution in [1.29, 1.82) is 0 Å². The third-order valence-corrected chi connectivity index (χ3v) is 7.56. The summed E-state index contributed by atoms with van der Waals surface area (Å²) in [6.45, 7) is 4.73. The number of benzene rings is 3. The Bertz CT molecular complexity index is 1340. The number of alkyl halides is 3. The molecule has 35 heavy (non-hydrogen) atoms. The van der Waals surface area contributed by atoms with Crippen molar-refractivity contribution in [2.75, 3.05) is 16.2 Å². The molecule has 1 amide bonds. The minimum atomic E-state index is -4.81. The number of nitrogens with one attached hydrogen (secondary N) is 1. The molecule has 186 valence electrons. The summed E-state index contributed by atoms with van der Waals surface area (Å²) in [5.74, 6) is -0.701. The van der Waals surface area contributed by atoms with Gasteiger partial charge in [-0.25, -0.2) is 8.42 Å². The largest absolute Gasteiger partial charge is 0.417 e. The lowest BCUT2D eigenvalue weighted by atomic mass is 10.1. The maximum absolute atomic E-state index is 13.5. The van der Waals surface area contributed by atoms with Gasteiger partial charge in [0.2, 0.25) is 5.91 Å². The van der Waals surface area contributed by atoms with Gasteiger partial charge in [-0.05, 0) is 61.7 Å². The van der Waals surface area contributed by atoms with Crippen LogP contribution in [0.2, 0.25) is 5.02 Å². The number of halogens is 4. The molecule has 10 heteroatoms. The van der Waals surface area contributed by atoms with Crippen LogP contribution in [0.15, 0.2) is 65.6 Å². The van der Waals surface area contributed by atoms with E-state index < -0.39 is 39.2 Å². The standard InChI is InChI=1S/C25H24ClF3N2O3S/c1-4-18-7-5-6-17(3)24(18)30-23(32)15-31(35(33,34)20-11-8-16(2)9-12-20)19-10-13-22(26)21(14-19)25(27,28)29/h5-14H,4,15H2,1-3H3,(H,30,32). The fourth-order valence-corrected chi connectivity index (χ4v) is 5.19. The zero-order chi connectivity index (χ0) is 26.0. The van der Waals surface area contributed by atoms with Gasteiger partial charge in [0, 0.05) is 5.69 Å². The molecule has 0 aliphatic rings. The minimum absolute atomic E-state index is 0.162.